The SMILES string of the molecule is CC(=O)N(CCNC(=O)c1ccc(C(C)(C)C)cc1)CCc1ccc(F)cc1. The van der Waals surface area contributed by atoms with Crippen molar-refractivity contribution in [2.75, 3.05) is 19.6 Å². The molecule has 2 rings (SSSR count). The topological polar surface area (TPSA) is 49.4 Å². The molecule has 28 heavy (non-hydrogen) atoms. The lowest BCUT2D eigenvalue weighted by molar-refractivity contribution is -0.128. The van der Waals surface area contributed by atoms with E-state index in [1.54, 1.807) is 17.0 Å². The zero-order valence-electron chi connectivity index (χ0n) is 17.1. The highest BCUT2D eigenvalue weighted by Gasteiger charge is 2.14. The van der Waals surface area contributed by atoms with Crippen LogP contribution in [0.2, 0.25) is 0 Å². The molecule has 0 bridgehead atoms. The molecular weight excluding hydrogens is 355 g/mol. The van der Waals surface area contributed by atoms with Crippen molar-refractivity contribution in [2.24, 2.45) is 0 Å². The van der Waals surface area contributed by atoms with Gasteiger partial charge in [-0.25, -0.2) is 4.39 Å². The van der Waals surface area contributed by atoms with Crippen molar-refractivity contribution in [3.05, 3.63) is 71.0 Å². The van der Waals surface area contributed by atoms with Gasteiger partial charge in [-0.05, 0) is 47.2 Å². The molecule has 0 saturated heterocycles. The van der Waals surface area contributed by atoms with E-state index in [0.29, 0.717) is 31.6 Å². The van der Waals surface area contributed by atoms with Gasteiger partial charge in [0.05, 0.1) is 0 Å². The first kappa shape index (κ1) is 21.6. The molecular formula is C23H29FN2O2. The monoisotopic (exact) mass is 384 g/mol. The fourth-order valence-corrected chi connectivity index (χ4v) is 2.87. The lowest BCUT2D eigenvalue weighted by atomic mass is 9.87. The standard InChI is InChI=1S/C23H29FN2O2/c1-17(27)26(15-13-18-5-11-21(24)12-6-18)16-14-25-22(28)19-7-9-20(10-8-19)23(2,3)4/h5-12H,13-16H2,1-4H3,(H,25,28). The highest BCUT2D eigenvalue weighted by atomic mass is 19.1. The summed E-state index contributed by atoms with van der Waals surface area (Å²) in [6, 6.07) is 13.9. The van der Waals surface area contributed by atoms with Crippen LogP contribution >= 0.6 is 0 Å². The number of nitrogens with zero attached hydrogens (tertiary/aromatic N) is 1. The summed E-state index contributed by atoms with van der Waals surface area (Å²) in [5.74, 6) is -0.473. The van der Waals surface area contributed by atoms with Crippen LogP contribution in [0.5, 0.6) is 0 Å². The first-order valence-corrected chi connectivity index (χ1v) is 9.55. The quantitative estimate of drug-likeness (QED) is 0.786. The first-order valence-electron chi connectivity index (χ1n) is 9.55. The van der Waals surface area contributed by atoms with Crippen molar-refractivity contribution in [1.29, 1.82) is 0 Å². The second kappa shape index (κ2) is 9.49. The van der Waals surface area contributed by atoms with Crippen molar-refractivity contribution in [2.45, 2.75) is 39.5 Å². The van der Waals surface area contributed by atoms with Crippen LogP contribution in [0.4, 0.5) is 4.39 Å². The number of rotatable bonds is 7. The van der Waals surface area contributed by atoms with Gasteiger partial charge in [-0.3, -0.25) is 9.59 Å². The molecule has 2 amide bonds. The predicted octanol–water partition coefficient (Wildman–Crippen LogP) is 3.94. The zero-order valence-corrected chi connectivity index (χ0v) is 17.1. The maximum absolute atomic E-state index is 13.0. The van der Waals surface area contributed by atoms with Crippen LogP contribution in [0.1, 0.15) is 49.2 Å². The van der Waals surface area contributed by atoms with E-state index in [4.69, 9.17) is 0 Å². The molecule has 2 aromatic carbocycles. The minimum atomic E-state index is -0.273. The lowest BCUT2D eigenvalue weighted by Crippen LogP contribution is -2.38. The third-order valence-corrected chi connectivity index (χ3v) is 4.71. The first-order chi connectivity index (χ1) is 13.2. The average molecular weight is 384 g/mol. The highest BCUT2D eigenvalue weighted by Crippen LogP contribution is 2.22. The third-order valence-electron chi connectivity index (χ3n) is 4.71. The fraction of sp³-hybridized carbons (Fsp3) is 0.391. The number of carbonyl (C=O) groups excluding carboxylic acids is 2. The zero-order chi connectivity index (χ0) is 20.7. The molecule has 0 atom stereocenters. The molecule has 0 saturated carbocycles. The molecule has 0 aliphatic rings. The predicted molar refractivity (Wildman–Crippen MR) is 110 cm³/mol. The molecule has 0 unspecified atom stereocenters. The van der Waals surface area contributed by atoms with Gasteiger partial charge in [0.1, 0.15) is 5.82 Å². The van der Waals surface area contributed by atoms with Gasteiger partial charge in [0, 0.05) is 32.1 Å². The second-order valence-corrected chi connectivity index (χ2v) is 7.97. The van der Waals surface area contributed by atoms with Crippen LogP contribution in [-0.4, -0.2) is 36.3 Å². The number of benzene rings is 2. The summed E-state index contributed by atoms with van der Waals surface area (Å²) in [7, 11) is 0. The second-order valence-electron chi connectivity index (χ2n) is 7.97. The maximum atomic E-state index is 13.0. The van der Waals surface area contributed by atoms with Crippen molar-refractivity contribution in [3.8, 4) is 0 Å². The van der Waals surface area contributed by atoms with Gasteiger partial charge in [0.25, 0.3) is 5.91 Å². The largest absolute Gasteiger partial charge is 0.350 e. The Morgan fingerprint density at radius 1 is 0.964 bits per heavy atom. The third kappa shape index (κ3) is 6.48. The van der Waals surface area contributed by atoms with Crippen molar-refractivity contribution >= 4 is 11.8 Å². The van der Waals surface area contributed by atoms with E-state index in [2.05, 4.69) is 26.1 Å². The number of hydrogen-bond donors (Lipinski definition) is 1. The normalized spacial score (nSPS) is 11.2. The number of hydrogen-bond acceptors (Lipinski definition) is 2. The van der Waals surface area contributed by atoms with E-state index in [9.17, 15) is 14.0 Å². The maximum Gasteiger partial charge on any atom is 0.251 e. The van der Waals surface area contributed by atoms with Gasteiger partial charge in [-0.15, -0.1) is 0 Å². The Bertz CT molecular complexity index is 793. The number of nitrogens with one attached hydrogen (secondary N) is 1. The molecule has 0 fully saturated rings. The van der Waals surface area contributed by atoms with E-state index in [0.717, 1.165) is 5.56 Å². The Hall–Kier alpha value is -2.69. The average Bonchev–Trinajstić information content (AvgIpc) is 2.64. The molecule has 5 heteroatoms. The van der Waals surface area contributed by atoms with Crippen LogP contribution in [0.15, 0.2) is 48.5 Å². The molecule has 0 spiro atoms. The van der Waals surface area contributed by atoms with E-state index in [-0.39, 0.29) is 23.0 Å². The minimum Gasteiger partial charge on any atom is -0.350 e. The van der Waals surface area contributed by atoms with Crippen molar-refractivity contribution in [3.63, 3.8) is 0 Å². The summed E-state index contributed by atoms with van der Waals surface area (Å²) in [6.07, 6.45) is 0.641. The summed E-state index contributed by atoms with van der Waals surface area (Å²) >= 11 is 0. The Morgan fingerprint density at radius 2 is 1.57 bits per heavy atom. The highest BCUT2D eigenvalue weighted by molar-refractivity contribution is 5.94. The Labute approximate surface area is 166 Å². The van der Waals surface area contributed by atoms with Gasteiger partial charge in [-0.2, -0.15) is 0 Å². The summed E-state index contributed by atoms with van der Waals surface area (Å²) in [5.41, 5.74) is 2.79. The molecule has 0 aromatic heterocycles. The Morgan fingerprint density at radius 3 is 2.11 bits per heavy atom. The van der Waals surface area contributed by atoms with E-state index >= 15 is 0 Å². The molecule has 4 nitrogen and oxygen atoms in total. The van der Waals surface area contributed by atoms with E-state index in [1.807, 2.05) is 24.3 Å². The van der Waals surface area contributed by atoms with E-state index < -0.39 is 0 Å². The number of amides is 2. The number of halogens is 1. The number of carbonyl (C=O) groups is 2. The van der Waals surface area contributed by atoms with Crippen LogP contribution in [0, 0.1) is 5.82 Å². The smallest absolute Gasteiger partial charge is 0.251 e. The molecule has 1 N–H and O–H groups in total. The lowest BCUT2D eigenvalue weighted by Gasteiger charge is -2.21. The van der Waals surface area contributed by atoms with Crippen LogP contribution in [0.3, 0.4) is 0 Å². The summed E-state index contributed by atoms with van der Waals surface area (Å²) in [6.45, 7) is 9.24. The van der Waals surface area contributed by atoms with Gasteiger partial charge >= 0.3 is 0 Å². The Kier molecular flexibility index (Phi) is 7.32. The van der Waals surface area contributed by atoms with E-state index in [1.165, 1.54) is 24.6 Å². The molecule has 2 aromatic rings. The van der Waals surface area contributed by atoms with Crippen LogP contribution < -0.4 is 5.32 Å². The van der Waals surface area contributed by atoms with Gasteiger partial charge in [-0.1, -0.05) is 45.0 Å². The van der Waals surface area contributed by atoms with Crippen LogP contribution in [-0.2, 0) is 16.6 Å². The summed E-state index contributed by atoms with van der Waals surface area (Å²) in [5, 5.41) is 2.87. The van der Waals surface area contributed by atoms with Gasteiger partial charge < -0.3 is 10.2 Å². The Balaban J connectivity index is 1.83. The summed E-state index contributed by atoms with van der Waals surface area (Å²) < 4.78 is 13.0. The molecule has 0 radical (unpaired) electrons. The van der Waals surface area contributed by atoms with Crippen molar-refractivity contribution < 1.29 is 14.0 Å². The van der Waals surface area contributed by atoms with Crippen LogP contribution in [0.25, 0.3) is 0 Å². The van der Waals surface area contributed by atoms with Gasteiger partial charge in [0.2, 0.25) is 5.91 Å². The van der Waals surface area contributed by atoms with Crippen molar-refractivity contribution in [1.82, 2.24) is 10.2 Å². The van der Waals surface area contributed by atoms with Gasteiger partial charge in [0.15, 0.2) is 0 Å². The fourth-order valence-electron chi connectivity index (χ4n) is 2.87. The summed E-state index contributed by atoms with van der Waals surface area (Å²) in [4.78, 5) is 25.9. The molecule has 0 aliphatic carbocycles. The molecule has 0 heterocycles. The minimum absolute atomic E-state index is 0.0432. The molecule has 150 valence electrons. The molecule has 0 aliphatic heterocycles.